The summed E-state index contributed by atoms with van der Waals surface area (Å²) in [5, 5.41) is 15.4. The van der Waals surface area contributed by atoms with Gasteiger partial charge in [0.05, 0.1) is 25.5 Å². The SMILES string of the molecule is COc1ccc(-c2cnn3ccc(-c4ccc(F)c(O[C@@H](C)Cn5cnnn5)c4)nc23)cc1. The van der Waals surface area contributed by atoms with Crippen LogP contribution in [0.3, 0.4) is 0 Å². The maximum atomic E-state index is 14.5. The standard InChI is InChI=1S/C23H20FN7O2/c1-15(13-30-14-25-28-29-30)33-22-11-17(5-8-20(22)24)21-9-10-31-23(27-21)19(12-26-31)16-3-6-18(32-2)7-4-16/h3-12,14-15H,13H2,1-2H3/t15-/m0/s1. The molecule has 3 aromatic heterocycles. The predicted molar refractivity (Wildman–Crippen MR) is 118 cm³/mol. The van der Waals surface area contributed by atoms with E-state index in [1.807, 2.05) is 43.5 Å². The molecule has 10 heteroatoms. The summed E-state index contributed by atoms with van der Waals surface area (Å²) in [7, 11) is 1.63. The molecule has 0 aliphatic rings. The molecule has 0 spiro atoms. The highest BCUT2D eigenvalue weighted by Gasteiger charge is 2.14. The number of hydrogen-bond donors (Lipinski definition) is 0. The first-order valence-electron chi connectivity index (χ1n) is 10.3. The molecule has 0 amide bonds. The zero-order valence-electron chi connectivity index (χ0n) is 18.0. The van der Waals surface area contributed by atoms with E-state index in [9.17, 15) is 4.39 Å². The quantitative estimate of drug-likeness (QED) is 0.377. The van der Waals surface area contributed by atoms with Gasteiger partial charge in [-0.05, 0) is 59.3 Å². The van der Waals surface area contributed by atoms with Crippen molar-refractivity contribution in [2.45, 2.75) is 19.6 Å². The lowest BCUT2D eigenvalue weighted by Gasteiger charge is -2.15. The lowest BCUT2D eigenvalue weighted by atomic mass is 10.1. The van der Waals surface area contributed by atoms with Crippen LogP contribution in [-0.4, -0.2) is 48.0 Å². The number of rotatable bonds is 7. The molecule has 1 atom stereocenters. The summed E-state index contributed by atoms with van der Waals surface area (Å²) in [6.45, 7) is 2.22. The van der Waals surface area contributed by atoms with Crippen molar-refractivity contribution in [3.63, 3.8) is 0 Å². The van der Waals surface area contributed by atoms with Gasteiger partial charge in [-0.15, -0.1) is 5.10 Å². The number of halogens is 1. The average molecular weight is 445 g/mol. The van der Waals surface area contributed by atoms with Crippen LogP contribution >= 0.6 is 0 Å². The molecule has 5 rings (SSSR count). The van der Waals surface area contributed by atoms with Crippen molar-refractivity contribution >= 4 is 5.65 Å². The second kappa shape index (κ2) is 8.65. The van der Waals surface area contributed by atoms with Crippen molar-refractivity contribution in [1.82, 2.24) is 34.8 Å². The van der Waals surface area contributed by atoms with E-state index in [1.165, 1.54) is 17.1 Å². The molecule has 0 saturated carbocycles. The topological polar surface area (TPSA) is 92.2 Å². The normalized spacial score (nSPS) is 12.1. The van der Waals surface area contributed by atoms with Crippen molar-refractivity contribution in [2.24, 2.45) is 0 Å². The van der Waals surface area contributed by atoms with Crippen molar-refractivity contribution in [2.75, 3.05) is 7.11 Å². The predicted octanol–water partition coefficient (Wildman–Crippen LogP) is 3.67. The van der Waals surface area contributed by atoms with Crippen LogP contribution in [0.1, 0.15) is 6.92 Å². The van der Waals surface area contributed by atoms with Crippen LogP contribution in [0.15, 0.2) is 67.3 Å². The van der Waals surface area contributed by atoms with Crippen molar-refractivity contribution in [3.8, 4) is 33.9 Å². The number of methoxy groups -OCH3 is 1. The minimum Gasteiger partial charge on any atom is -0.497 e. The first-order valence-corrected chi connectivity index (χ1v) is 10.3. The summed E-state index contributed by atoms with van der Waals surface area (Å²) < 4.78 is 28.8. The largest absolute Gasteiger partial charge is 0.497 e. The Labute approximate surface area is 188 Å². The van der Waals surface area contributed by atoms with Gasteiger partial charge in [-0.25, -0.2) is 18.6 Å². The smallest absolute Gasteiger partial charge is 0.165 e. The lowest BCUT2D eigenvalue weighted by molar-refractivity contribution is 0.185. The Morgan fingerprint density at radius 1 is 1.06 bits per heavy atom. The Hall–Kier alpha value is -4.34. The molecule has 0 unspecified atom stereocenters. The molecule has 0 N–H and O–H groups in total. The molecule has 0 fully saturated rings. The Kier molecular flexibility index (Phi) is 5.39. The minimum absolute atomic E-state index is 0.138. The van der Waals surface area contributed by atoms with Gasteiger partial charge < -0.3 is 9.47 Å². The second-order valence-corrected chi connectivity index (χ2v) is 7.47. The summed E-state index contributed by atoms with van der Waals surface area (Å²) in [5.74, 6) is 0.460. The Bertz CT molecular complexity index is 1380. The van der Waals surface area contributed by atoms with E-state index in [2.05, 4.69) is 20.6 Å². The number of aromatic nitrogens is 7. The molecule has 3 heterocycles. The van der Waals surface area contributed by atoms with Gasteiger partial charge in [0.25, 0.3) is 0 Å². The third-order valence-electron chi connectivity index (χ3n) is 5.16. The number of benzene rings is 2. The van der Waals surface area contributed by atoms with Crippen LogP contribution in [0.25, 0.3) is 28.0 Å². The van der Waals surface area contributed by atoms with Crippen molar-refractivity contribution in [3.05, 3.63) is 73.1 Å². The lowest BCUT2D eigenvalue weighted by Crippen LogP contribution is -2.20. The average Bonchev–Trinajstić information content (AvgIpc) is 3.50. The Morgan fingerprint density at radius 3 is 2.64 bits per heavy atom. The minimum atomic E-state index is -0.452. The first kappa shape index (κ1) is 20.6. The number of nitrogens with zero attached hydrogens (tertiary/aromatic N) is 7. The number of hydrogen-bond acceptors (Lipinski definition) is 7. The van der Waals surface area contributed by atoms with E-state index in [1.54, 1.807) is 30.0 Å². The number of ether oxygens (including phenoxy) is 2. The molecule has 166 valence electrons. The van der Waals surface area contributed by atoms with E-state index in [4.69, 9.17) is 14.5 Å². The molecule has 2 aromatic carbocycles. The summed E-state index contributed by atoms with van der Waals surface area (Å²) in [5.41, 5.74) is 3.95. The number of fused-ring (bicyclic) bond motifs is 1. The maximum absolute atomic E-state index is 14.5. The monoisotopic (exact) mass is 445 g/mol. The van der Waals surface area contributed by atoms with Crippen LogP contribution in [0.2, 0.25) is 0 Å². The van der Waals surface area contributed by atoms with E-state index >= 15 is 0 Å². The van der Waals surface area contributed by atoms with Crippen molar-refractivity contribution in [1.29, 1.82) is 0 Å². The van der Waals surface area contributed by atoms with E-state index in [0.717, 1.165) is 22.4 Å². The van der Waals surface area contributed by atoms with E-state index < -0.39 is 5.82 Å². The van der Waals surface area contributed by atoms with Gasteiger partial charge in [-0.2, -0.15) is 5.10 Å². The molecular weight excluding hydrogens is 425 g/mol. The van der Waals surface area contributed by atoms with Gasteiger partial charge in [-0.3, -0.25) is 0 Å². The summed E-state index contributed by atoms with van der Waals surface area (Å²) in [4.78, 5) is 4.80. The molecule has 0 radical (unpaired) electrons. The molecule has 33 heavy (non-hydrogen) atoms. The molecule has 9 nitrogen and oxygen atoms in total. The Morgan fingerprint density at radius 2 is 1.88 bits per heavy atom. The van der Waals surface area contributed by atoms with Crippen LogP contribution in [0, 0.1) is 5.82 Å². The summed E-state index contributed by atoms with van der Waals surface area (Å²) in [6.07, 6.45) is 4.74. The second-order valence-electron chi connectivity index (χ2n) is 7.47. The highest BCUT2D eigenvalue weighted by Crippen LogP contribution is 2.29. The Balaban J connectivity index is 1.45. The van der Waals surface area contributed by atoms with E-state index in [-0.39, 0.29) is 11.9 Å². The number of tetrazole rings is 1. The van der Waals surface area contributed by atoms with Gasteiger partial charge in [0.1, 0.15) is 18.2 Å². The molecule has 0 saturated heterocycles. The van der Waals surface area contributed by atoms with Gasteiger partial charge >= 0.3 is 0 Å². The van der Waals surface area contributed by atoms with Gasteiger partial charge in [0.15, 0.2) is 17.2 Å². The first-order chi connectivity index (χ1) is 16.1. The third kappa shape index (κ3) is 4.22. The fourth-order valence-electron chi connectivity index (χ4n) is 3.54. The summed E-state index contributed by atoms with van der Waals surface area (Å²) >= 11 is 0. The molecule has 5 aromatic rings. The molecular formula is C23H20FN7O2. The van der Waals surface area contributed by atoms with Crippen LogP contribution in [0.4, 0.5) is 4.39 Å². The van der Waals surface area contributed by atoms with Gasteiger partial charge in [-0.1, -0.05) is 12.1 Å². The van der Waals surface area contributed by atoms with Crippen LogP contribution in [-0.2, 0) is 6.54 Å². The van der Waals surface area contributed by atoms with Crippen LogP contribution < -0.4 is 9.47 Å². The molecule has 0 aliphatic heterocycles. The zero-order valence-corrected chi connectivity index (χ0v) is 18.0. The fraction of sp³-hybridized carbons (Fsp3) is 0.174. The zero-order chi connectivity index (χ0) is 22.8. The highest BCUT2D eigenvalue weighted by molar-refractivity contribution is 5.78. The van der Waals surface area contributed by atoms with Crippen LogP contribution in [0.5, 0.6) is 11.5 Å². The fourth-order valence-corrected chi connectivity index (χ4v) is 3.54. The van der Waals surface area contributed by atoms with E-state index in [0.29, 0.717) is 17.9 Å². The third-order valence-corrected chi connectivity index (χ3v) is 5.16. The highest BCUT2D eigenvalue weighted by atomic mass is 19.1. The van der Waals surface area contributed by atoms with Gasteiger partial charge in [0.2, 0.25) is 0 Å². The molecule has 0 aliphatic carbocycles. The molecule has 0 bridgehead atoms. The summed E-state index contributed by atoms with van der Waals surface area (Å²) in [6, 6.07) is 14.2. The maximum Gasteiger partial charge on any atom is 0.165 e. The van der Waals surface area contributed by atoms with Crippen molar-refractivity contribution < 1.29 is 13.9 Å². The van der Waals surface area contributed by atoms with Gasteiger partial charge in [0, 0.05) is 17.3 Å².